The second kappa shape index (κ2) is 11.0. The van der Waals surface area contributed by atoms with Crippen LogP contribution in [0.1, 0.15) is 70.3 Å². The van der Waals surface area contributed by atoms with E-state index in [9.17, 15) is 0 Å². The van der Waals surface area contributed by atoms with Crippen LogP contribution in [0.3, 0.4) is 0 Å². The zero-order chi connectivity index (χ0) is 16.2. The normalized spacial score (nSPS) is 11.5. The van der Waals surface area contributed by atoms with Crippen LogP contribution in [0.5, 0.6) is 0 Å². The van der Waals surface area contributed by atoms with Crippen molar-refractivity contribution >= 4 is 10.8 Å². The van der Waals surface area contributed by atoms with Crippen LogP contribution >= 0.6 is 0 Å². The third-order valence-corrected chi connectivity index (χ3v) is 4.56. The fourth-order valence-electron chi connectivity index (χ4n) is 3.10. The van der Waals surface area contributed by atoms with Gasteiger partial charge in [0.1, 0.15) is 0 Å². The van der Waals surface area contributed by atoms with Crippen molar-refractivity contribution in [1.82, 2.24) is 0 Å². The lowest BCUT2D eigenvalue weighted by Crippen LogP contribution is -1.82. The minimum absolute atomic E-state index is 1.06. The minimum Gasteiger partial charge on any atom is -0.0882 e. The molecule has 0 bridgehead atoms. The lowest BCUT2D eigenvalue weighted by molar-refractivity contribution is 0.577. The van der Waals surface area contributed by atoms with Gasteiger partial charge < -0.3 is 0 Å². The third kappa shape index (κ3) is 7.03. The van der Waals surface area contributed by atoms with Gasteiger partial charge in [0.25, 0.3) is 0 Å². The Morgan fingerprint density at radius 1 is 0.696 bits per heavy atom. The van der Waals surface area contributed by atoms with E-state index in [1.54, 1.807) is 0 Å². The Bertz CT molecular complexity index is 579. The van der Waals surface area contributed by atoms with Crippen LogP contribution in [0.2, 0.25) is 0 Å². The molecule has 0 aliphatic heterocycles. The van der Waals surface area contributed by atoms with Crippen molar-refractivity contribution in [3.05, 3.63) is 60.2 Å². The summed E-state index contributed by atoms with van der Waals surface area (Å²) >= 11 is 0. The third-order valence-electron chi connectivity index (χ3n) is 4.56. The van der Waals surface area contributed by atoms with E-state index in [4.69, 9.17) is 0 Å². The van der Waals surface area contributed by atoms with Crippen LogP contribution in [0, 0.1) is 0 Å². The average molecular weight is 309 g/mol. The molecule has 0 saturated heterocycles. The summed E-state index contributed by atoms with van der Waals surface area (Å²) in [5.41, 5.74) is 1.41. The Hall–Kier alpha value is -1.56. The summed E-state index contributed by atoms with van der Waals surface area (Å²) in [5, 5.41) is 2.68. The van der Waals surface area contributed by atoms with Crippen LogP contribution in [0.4, 0.5) is 0 Å². The van der Waals surface area contributed by atoms with E-state index in [1.807, 2.05) is 0 Å². The molecule has 0 radical (unpaired) electrons. The summed E-state index contributed by atoms with van der Waals surface area (Å²) in [4.78, 5) is 0. The largest absolute Gasteiger partial charge is 0.0882 e. The highest BCUT2D eigenvalue weighted by Crippen LogP contribution is 2.16. The molecule has 124 valence electrons. The molecule has 0 fully saturated rings. The lowest BCUT2D eigenvalue weighted by Gasteiger charge is -2.01. The quantitative estimate of drug-likeness (QED) is 0.298. The monoisotopic (exact) mass is 308 g/mol. The van der Waals surface area contributed by atoms with Crippen LogP contribution < -0.4 is 0 Å². The van der Waals surface area contributed by atoms with Crippen LogP contribution in [0.15, 0.2) is 54.6 Å². The van der Waals surface area contributed by atoms with Gasteiger partial charge >= 0.3 is 0 Å². The van der Waals surface area contributed by atoms with Gasteiger partial charge in [-0.2, -0.15) is 0 Å². The molecule has 0 amide bonds. The molecule has 0 heterocycles. The molecule has 2 aromatic rings. The van der Waals surface area contributed by atoms with Crippen molar-refractivity contribution in [3.8, 4) is 0 Å². The number of hydrogen-bond acceptors (Lipinski definition) is 0. The van der Waals surface area contributed by atoms with E-state index in [1.165, 1.54) is 74.1 Å². The van der Waals surface area contributed by atoms with Gasteiger partial charge in [0.2, 0.25) is 0 Å². The molecule has 0 unspecified atom stereocenters. The van der Waals surface area contributed by atoms with Crippen molar-refractivity contribution in [2.45, 2.75) is 71.1 Å². The van der Waals surface area contributed by atoms with E-state index < -0.39 is 0 Å². The number of fused-ring (bicyclic) bond motifs is 1. The van der Waals surface area contributed by atoms with Gasteiger partial charge in [-0.25, -0.2) is 0 Å². The van der Waals surface area contributed by atoms with Gasteiger partial charge in [-0.1, -0.05) is 106 Å². The summed E-state index contributed by atoms with van der Waals surface area (Å²) in [6.07, 6.45) is 18.2. The van der Waals surface area contributed by atoms with Crippen molar-refractivity contribution in [2.24, 2.45) is 0 Å². The summed E-state index contributed by atoms with van der Waals surface area (Å²) in [6, 6.07) is 15.4. The predicted molar refractivity (Wildman–Crippen MR) is 104 cm³/mol. The Morgan fingerprint density at radius 3 is 2.17 bits per heavy atom. The number of benzene rings is 2. The lowest BCUT2D eigenvalue weighted by atomic mass is 10.0. The van der Waals surface area contributed by atoms with E-state index >= 15 is 0 Å². The first-order valence-electron chi connectivity index (χ1n) is 9.53. The van der Waals surface area contributed by atoms with Crippen LogP contribution in [0.25, 0.3) is 10.8 Å². The number of rotatable bonds is 11. The summed E-state index contributed by atoms with van der Waals surface area (Å²) < 4.78 is 0. The second-order valence-corrected chi connectivity index (χ2v) is 6.62. The molecule has 0 atom stereocenters. The predicted octanol–water partition coefficient (Wildman–Crippen LogP) is 7.47. The maximum atomic E-state index is 2.37. The molecule has 2 aromatic carbocycles. The van der Waals surface area contributed by atoms with E-state index in [-0.39, 0.29) is 0 Å². The van der Waals surface area contributed by atoms with Gasteiger partial charge in [0.15, 0.2) is 0 Å². The average Bonchev–Trinajstić information content (AvgIpc) is 2.59. The highest BCUT2D eigenvalue weighted by molar-refractivity contribution is 5.83. The Labute approximate surface area is 142 Å². The molecule has 0 heteroatoms. The van der Waals surface area contributed by atoms with Crippen molar-refractivity contribution in [2.75, 3.05) is 0 Å². The molecular weight excluding hydrogens is 276 g/mol. The molecule has 23 heavy (non-hydrogen) atoms. The summed E-state index contributed by atoms with van der Waals surface area (Å²) in [6.45, 7) is 2.28. The first-order valence-corrected chi connectivity index (χ1v) is 9.53. The number of hydrogen-bond donors (Lipinski definition) is 0. The van der Waals surface area contributed by atoms with E-state index in [0.29, 0.717) is 0 Å². The van der Waals surface area contributed by atoms with E-state index in [0.717, 1.165) is 6.42 Å². The molecule has 2 rings (SSSR count). The molecular formula is C23H32. The van der Waals surface area contributed by atoms with Crippen molar-refractivity contribution < 1.29 is 0 Å². The van der Waals surface area contributed by atoms with Gasteiger partial charge in [0, 0.05) is 0 Å². The van der Waals surface area contributed by atoms with Gasteiger partial charge in [-0.3, -0.25) is 0 Å². The first-order chi connectivity index (χ1) is 11.4. The van der Waals surface area contributed by atoms with Gasteiger partial charge in [0.05, 0.1) is 0 Å². The highest BCUT2D eigenvalue weighted by atomic mass is 14.0. The van der Waals surface area contributed by atoms with Crippen LogP contribution in [-0.2, 0) is 6.42 Å². The van der Waals surface area contributed by atoms with Gasteiger partial charge in [-0.05, 0) is 35.6 Å². The molecule has 0 saturated carbocycles. The zero-order valence-electron chi connectivity index (χ0n) is 14.8. The topological polar surface area (TPSA) is 0 Å². The van der Waals surface area contributed by atoms with Gasteiger partial charge in [-0.15, -0.1) is 0 Å². The molecule has 0 aliphatic rings. The van der Waals surface area contributed by atoms with Crippen molar-refractivity contribution in [1.29, 1.82) is 0 Å². The first kappa shape index (κ1) is 17.8. The Kier molecular flexibility index (Phi) is 8.55. The molecule has 0 aromatic heterocycles. The van der Waals surface area contributed by atoms with E-state index in [2.05, 4.69) is 61.5 Å². The fraction of sp³-hybridized carbons (Fsp3) is 0.478. The standard InChI is InChI=1S/C23H32/c1-2-3-4-5-6-7-8-9-10-11-12-15-21-18-19-22-16-13-14-17-23(22)20-21/h11-14,16-20H,2-10,15H2,1H3/b12-11+. The molecule has 0 N–H and O–H groups in total. The number of allylic oxidation sites excluding steroid dienone is 2. The second-order valence-electron chi connectivity index (χ2n) is 6.62. The molecule has 0 aliphatic carbocycles. The highest BCUT2D eigenvalue weighted by Gasteiger charge is 1.94. The SMILES string of the molecule is CCCCCCCCCC/C=C/Cc1ccc2ccccc2c1. The maximum Gasteiger partial charge on any atom is -0.00972 e. The number of unbranched alkanes of at least 4 members (excludes halogenated alkanes) is 8. The Balaban J connectivity index is 1.57. The Morgan fingerprint density at radius 2 is 1.39 bits per heavy atom. The molecule has 0 nitrogen and oxygen atoms in total. The van der Waals surface area contributed by atoms with Crippen LogP contribution in [-0.4, -0.2) is 0 Å². The molecule has 0 spiro atoms. The smallest absolute Gasteiger partial charge is 0.00972 e. The summed E-state index contributed by atoms with van der Waals surface area (Å²) in [5.74, 6) is 0. The zero-order valence-corrected chi connectivity index (χ0v) is 14.8. The minimum atomic E-state index is 1.06. The van der Waals surface area contributed by atoms with Crippen molar-refractivity contribution in [3.63, 3.8) is 0 Å². The summed E-state index contributed by atoms with van der Waals surface area (Å²) in [7, 11) is 0. The maximum absolute atomic E-state index is 2.37. The fourth-order valence-corrected chi connectivity index (χ4v) is 3.10.